The van der Waals surface area contributed by atoms with Crippen molar-refractivity contribution in [3.63, 3.8) is 0 Å². The molecule has 1 unspecified atom stereocenters. The Bertz CT molecular complexity index is 602. The van der Waals surface area contributed by atoms with Gasteiger partial charge in [0.15, 0.2) is 0 Å². The molecular formula is C13H18N6O. The Morgan fingerprint density at radius 2 is 2.45 bits per heavy atom. The fourth-order valence-electron chi connectivity index (χ4n) is 2.72. The van der Waals surface area contributed by atoms with Gasteiger partial charge in [0, 0.05) is 38.8 Å². The minimum absolute atomic E-state index is 0.0136. The van der Waals surface area contributed by atoms with Crippen molar-refractivity contribution < 1.29 is 4.79 Å². The molecule has 1 atom stereocenters. The quantitative estimate of drug-likeness (QED) is 0.873. The highest BCUT2D eigenvalue weighted by Gasteiger charge is 2.29. The Morgan fingerprint density at radius 3 is 3.20 bits per heavy atom. The lowest BCUT2D eigenvalue weighted by Crippen LogP contribution is -2.36. The van der Waals surface area contributed by atoms with Gasteiger partial charge >= 0.3 is 0 Å². The molecule has 1 aliphatic carbocycles. The average molecular weight is 274 g/mol. The Balaban J connectivity index is 1.68. The van der Waals surface area contributed by atoms with Crippen LogP contribution in [0.5, 0.6) is 0 Å². The Kier molecular flexibility index (Phi) is 3.25. The fourth-order valence-corrected chi connectivity index (χ4v) is 2.72. The van der Waals surface area contributed by atoms with Crippen LogP contribution in [0.2, 0.25) is 0 Å². The predicted octanol–water partition coefficient (Wildman–Crippen LogP) is 0.302. The number of aromatic amines is 1. The number of carbonyl (C=O) groups excluding carboxylic acids is 1. The third-order valence-electron chi connectivity index (χ3n) is 3.86. The van der Waals surface area contributed by atoms with Crippen LogP contribution in [-0.2, 0) is 31.2 Å². The second-order valence-electron chi connectivity index (χ2n) is 5.28. The van der Waals surface area contributed by atoms with Crippen molar-refractivity contribution in [2.75, 3.05) is 7.05 Å². The third kappa shape index (κ3) is 2.31. The molecule has 0 saturated carbocycles. The number of hydrogen-bond donors (Lipinski definition) is 1. The maximum Gasteiger partial charge on any atom is 0.226 e. The van der Waals surface area contributed by atoms with Gasteiger partial charge in [0.1, 0.15) is 5.82 Å². The van der Waals surface area contributed by atoms with Crippen molar-refractivity contribution in [1.82, 2.24) is 29.9 Å². The molecule has 0 bridgehead atoms. The van der Waals surface area contributed by atoms with E-state index >= 15 is 0 Å². The molecule has 0 fully saturated rings. The summed E-state index contributed by atoms with van der Waals surface area (Å²) >= 11 is 0. The van der Waals surface area contributed by atoms with Gasteiger partial charge in [-0.25, -0.2) is 4.98 Å². The number of aromatic nitrogens is 5. The summed E-state index contributed by atoms with van der Waals surface area (Å²) in [6, 6.07) is 0. The monoisotopic (exact) mass is 274 g/mol. The molecule has 0 saturated heterocycles. The number of rotatable bonds is 3. The zero-order valence-electron chi connectivity index (χ0n) is 11.7. The van der Waals surface area contributed by atoms with Crippen molar-refractivity contribution in [3.8, 4) is 0 Å². The summed E-state index contributed by atoms with van der Waals surface area (Å²) in [4.78, 5) is 21.4. The summed E-state index contributed by atoms with van der Waals surface area (Å²) in [5, 5.41) is 8.15. The molecule has 106 valence electrons. The van der Waals surface area contributed by atoms with Crippen LogP contribution >= 0.6 is 0 Å². The Labute approximate surface area is 117 Å². The molecule has 2 aromatic heterocycles. The zero-order chi connectivity index (χ0) is 14.1. The van der Waals surface area contributed by atoms with Gasteiger partial charge in [-0.15, -0.1) is 5.10 Å². The van der Waals surface area contributed by atoms with Crippen molar-refractivity contribution >= 4 is 5.91 Å². The number of imidazole rings is 1. The maximum atomic E-state index is 12.5. The van der Waals surface area contributed by atoms with Crippen LogP contribution in [0.25, 0.3) is 0 Å². The van der Waals surface area contributed by atoms with Crippen LogP contribution in [0.1, 0.15) is 23.6 Å². The van der Waals surface area contributed by atoms with Gasteiger partial charge in [-0.1, -0.05) is 5.21 Å². The van der Waals surface area contributed by atoms with Gasteiger partial charge in [-0.3, -0.25) is 9.48 Å². The predicted molar refractivity (Wildman–Crippen MR) is 71.6 cm³/mol. The van der Waals surface area contributed by atoms with E-state index in [2.05, 4.69) is 20.3 Å². The molecule has 0 spiro atoms. The van der Waals surface area contributed by atoms with E-state index < -0.39 is 0 Å². The van der Waals surface area contributed by atoms with E-state index in [1.807, 2.05) is 14.1 Å². The number of nitrogens with one attached hydrogen (secondary N) is 1. The lowest BCUT2D eigenvalue weighted by molar-refractivity contribution is -0.135. The molecule has 7 nitrogen and oxygen atoms in total. The standard InChI is InChI=1S/C13H18N6O/c1-18(8-12-14-5-6-15-12)13(20)9-3-4-10-11(7-9)19(2)17-16-10/h5-6,9H,3-4,7-8H2,1-2H3,(H,14,15). The molecule has 2 heterocycles. The van der Waals surface area contributed by atoms with Gasteiger partial charge in [0.25, 0.3) is 0 Å². The second-order valence-corrected chi connectivity index (χ2v) is 5.28. The van der Waals surface area contributed by atoms with Gasteiger partial charge < -0.3 is 9.88 Å². The van der Waals surface area contributed by atoms with Gasteiger partial charge in [-0.2, -0.15) is 0 Å². The maximum absolute atomic E-state index is 12.5. The van der Waals surface area contributed by atoms with Crippen LogP contribution in [0.3, 0.4) is 0 Å². The molecule has 0 radical (unpaired) electrons. The first-order chi connectivity index (χ1) is 9.65. The molecule has 2 aromatic rings. The fraction of sp³-hybridized carbons (Fsp3) is 0.538. The largest absolute Gasteiger partial charge is 0.347 e. The van der Waals surface area contributed by atoms with Crippen LogP contribution in [-0.4, -0.2) is 42.8 Å². The first kappa shape index (κ1) is 12.8. The third-order valence-corrected chi connectivity index (χ3v) is 3.86. The number of carbonyl (C=O) groups is 1. The summed E-state index contributed by atoms with van der Waals surface area (Å²) < 4.78 is 1.78. The van der Waals surface area contributed by atoms with Crippen molar-refractivity contribution in [1.29, 1.82) is 0 Å². The molecule has 1 aliphatic rings. The van der Waals surface area contributed by atoms with Crippen molar-refractivity contribution in [2.45, 2.75) is 25.8 Å². The number of fused-ring (bicyclic) bond motifs is 1. The van der Waals surface area contributed by atoms with E-state index in [9.17, 15) is 4.79 Å². The highest BCUT2D eigenvalue weighted by molar-refractivity contribution is 5.79. The highest BCUT2D eigenvalue weighted by Crippen LogP contribution is 2.25. The van der Waals surface area contributed by atoms with Gasteiger partial charge in [0.2, 0.25) is 5.91 Å². The van der Waals surface area contributed by atoms with E-state index in [0.717, 1.165) is 36.5 Å². The number of amides is 1. The lowest BCUT2D eigenvalue weighted by Gasteiger charge is -2.25. The molecular weight excluding hydrogens is 256 g/mol. The average Bonchev–Trinajstić information content (AvgIpc) is 3.08. The number of hydrogen-bond acceptors (Lipinski definition) is 4. The summed E-state index contributed by atoms with van der Waals surface area (Å²) in [5.74, 6) is 0.979. The van der Waals surface area contributed by atoms with E-state index in [0.29, 0.717) is 6.54 Å². The Hall–Kier alpha value is -2.18. The van der Waals surface area contributed by atoms with Crippen LogP contribution in [0.4, 0.5) is 0 Å². The molecule has 3 rings (SSSR count). The lowest BCUT2D eigenvalue weighted by atomic mass is 9.88. The number of H-pyrrole nitrogens is 1. The smallest absolute Gasteiger partial charge is 0.226 e. The van der Waals surface area contributed by atoms with Gasteiger partial charge in [-0.05, 0) is 12.8 Å². The number of nitrogens with zero attached hydrogens (tertiary/aromatic N) is 5. The molecule has 0 aromatic carbocycles. The van der Waals surface area contributed by atoms with E-state index in [1.54, 1.807) is 22.0 Å². The summed E-state index contributed by atoms with van der Waals surface area (Å²) in [6.07, 6.45) is 5.85. The minimum Gasteiger partial charge on any atom is -0.347 e. The molecule has 1 amide bonds. The first-order valence-electron chi connectivity index (χ1n) is 6.76. The molecule has 1 N–H and O–H groups in total. The topological polar surface area (TPSA) is 79.7 Å². The van der Waals surface area contributed by atoms with Gasteiger partial charge in [0.05, 0.1) is 17.9 Å². The Morgan fingerprint density at radius 1 is 1.60 bits per heavy atom. The molecule has 7 heteroatoms. The first-order valence-corrected chi connectivity index (χ1v) is 6.76. The van der Waals surface area contributed by atoms with E-state index in [-0.39, 0.29) is 11.8 Å². The summed E-state index contributed by atoms with van der Waals surface area (Å²) in [6.45, 7) is 0.513. The van der Waals surface area contributed by atoms with Crippen LogP contribution < -0.4 is 0 Å². The number of aryl methyl sites for hydroxylation is 2. The molecule has 0 aliphatic heterocycles. The summed E-state index contributed by atoms with van der Waals surface area (Å²) in [5.41, 5.74) is 2.12. The van der Waals surface area contributed by atoms with Crippen molar-refractivity contribution in [3.05, 3.63) is 29.6 Å². The van der Waals surface area contributed by atoms with Crippen molar-refractivity contribution in [2.24, 2.45) is 13.0 Å². The minimum atomic E-state index is 0.0136. The van der Waals surface area contributed by atoms with E-state index in [1.165, 1.54) is 0 Å². The van der Waals surface area contributed by atoms with Crippen LogP contribution in [0.15, 0.2) is 12.4 Å². The highest BCUT2D eigenvalue weighted by atomic mass is 16.2. The summed E-state index contributed by atoms with van der Waals surface area (Å²) in [7, 11) is 3.70. The SMILES string of the molecule is CN(Cc1ncc[nH]1)C(=O)C1CCc2nnn(C)c2C1. The van der Waals surface area contributed by atoms with E-state index in [4.69, 9.17) is 0 Å². The normalized spacial score (nSPS) is 17.8. The zero-order valence-corrected chi connectivity index (χ0v) is 11.7. The molecule has 20 heavy (non-hydrogen) atoms. The second kappa shape index (κ2) is 5.07. The van der Waals surface area contributed by atoms with Crippen LogP contribution in [0, 0.1) is 5.92 Å².